The summed E-state index contributed by atoms with van der Waals surface area (Å²) >= 11 is 12.0. The molecule has 0 saturated heterocycles. The quantitative estimate of drug-likeness (QED) is 0.374. The zero-order valence-corrected chi connectivity index (χ0v) is 16.7. The van der Waals surface area contributed by atoms with E-state index in [2.05, 4.69) is 16.0 Å². The molecule has 1 heterocycles. The van der Waals surface area contributed by atoms with Crippen molar-refractivity contribution in [3.63, 3.8) is 0 Å². The van der Waals surface area contributed by atoms with Gasteiger partial charge in [-0.2, -0.15) is 5.26 Å². The van der Waals surface area contributed by atoms with E-state index in [4.69, 9.17) is 27.9 Å². The Morgan fingerprint density at radius 1 is 1.03 bits per heavy atom. The highest BCUT2D eigenvalue weighted by atomic mass is 35.5. The molecule has 0 aliphatic heterocycles. The number of nitrogens with zero attached hydrogens (tertiary/aromatic N) is 2. The van der Waals surface area contributed by atoms with Crippen molar-refractivity contribution in [3.05, 3.63) is 93.7 Å². The highest BCUT2D eigenvalue weighted by molar-refractivity contribution is 6.42. The summed E-state index contributed by atoms with van der Waals surface area (Å²) in [6.07, 6.45) is 1.79. The molecule has 0 radical (unpaired) electrons. The molecule has 6 heteroatoms. The monoisotopic (exact) mass is 419 g/mol. The number of nitriles is 1. The molecule has 0 spiro atoms. The standard InChI is InChI=1S/C23H15Cl2N3O/c24-19-10-7-16(12-20(19)25)14-29-18-8-5-15(6-9-18)11-17(13-26)23-27-21-3-1-2-4-22(21)28-23/h1-12H,14H2,(H,27,28)/b17-11+. The number of hydrogen-bond donors (Lipinski definition) is 1. The van der Waals surface area contributed by atoms with Crippen molar-refractivity contribution < 1.29 is 4.74 Å². The fraction of sp³-hybridized carbons (Fsp3) is 0.0435. The number of nitrogens with one attached hydrogen (secondary N) is 1. The van der Waals surface area contributed by atoms with Gasteiger partial charge in [0.15, 0.2) is 0 Å². The zero-order chi connectivity index (χ0) is 20.2. The van der Waals surface area contributed by atoms with Crippen molar-refractivity contribution in [3.8, 4) is 11.8 Å². The molecule has 4 aromatic rings. The topological polar surface area (TPSA) is 61.7 Å². The first-order valence-electron chi connectivity index (χ1n) is 8.86. The van der Waals surface area contributed by atoms with Crippen LogP contribution in [0.5, 0.6) is 5.75 Å². The van der Waals surface area contributed by atoms with Gasteiger partial charge in [-0.3, -0.25) is 0 Å². The summed E-state index contributed by atoms with van der Waals surface area (Å²) < 4.78 is 5.79. The molecule has 4 rings (SSSR count). The number of para-hydroxylation sites is 2. The van der Waals surface area contributed by atoms with Gasteiger partial charge in [0.1, 0.15) is 24.3 Å². The number of halogens is 2. The van der Waals surface area contributed by atoms with Crippen molar-refractivity contribution in [2.24, 2.45) is 0 Å². The molecule has 1 aromatic heterocycles. The highest BCUT2D eigenvalue weighted by Crippen LogP contribution is 2.24. The number of imidazole rings is 1. The first-order chi connectivity index (χ1) is 14.1. The van der Waals surface area contributed by atoms with Crippen LogP contribution in [0.15, 0.2) is 66.7 Å². The van der Waals surface area contributed by atoms with Crippen molar-refractivity contribution in [2.75, 3.05) is 0 Å². The number of benzene rings is 3. The van der Waals surface area contributed by atoms with Gasteiger partial charge in [0.25, 0.3) is 0 Å². The molecule has 0 unspecified atom stereocenters. The van der Waals surface area contributed by atoms with Crippen molar-refractivity contribution in [2.45, 2.75) is 6.61 Å². The Morgan fingerprint density at radius 2 is 1.83 bits per heavy atom. The summed E-state index contributed by atoms with van der Waals surface area (Å²) in [4.78, 5) is 7.66. The van der Waals surface area contributed by atoms with Crippen LogP contribution in [0, 0.1) is 11.3 Å². The molecule has 1 N–H and O–H groups in total. The smallest absolute Gasteiger partial charge is 0.149 e. The number of H-pyrrole nitrogens is 1. The number of aromatic amines is 1. The number of aromatic nitrogens is 2. The molecule has 0 atom stereocenters. The zero-order valence-electron chi connectivity index (χ0n) is 15.2. The lowest BCUT2D eigenvalue weighted by Gasteiger charge is -2.07. The van der Waals surface area contributed by atoms with E-state index in [-0.39, 0.29) is 0 Å². The average Bonchev–Trinajstić information content (AvgIpc) is 3.18. The molecule has 142 valence electrons. The molecule has 3 aromatic carbocycles. The Balaban J connectivity index is 1.48. The lowest BCUT2D eigenvalue weighted by molar-refractivity contribution is 0.306. The third kappa shape index (κ3) is 4.43. The van der Waals surface area contributed by atoms with Gasteiger partial charge in [-0.05, 0) is 53.6 Å². The minimum atomic E-state index is 0.383. The Hall–Kier alpha value is -3.26. The van der Waals surface area contributed by atoms with E-state index in [9.17, 15) is 5.26 Å². The fourth-order valence-electron chi connectivity index (χ4n) is 2.86. The maximum atomic E-state index is 9.55. The van der Waals surface area contributed by atoms with Crippen LogP contribution in [-0.2, 0) is 6.61 Å². The summed E-state index contributed by atoms with van der Waals surface area (Å²) in [5.74, 6) is 1.27. The van der Waals surface area contributed by atoms with E-state index < -0.39 is 0 Å². The first kappa shape index (κ1) is 19.1. The largest absolute Gasteiger partial charge is 0.489 e. The molecule has 0 saturated carbocycles. The lowest BCUT2D eigenvalue weighted by atomic mass is 10.1. The van der Waals surface area contributed by atoms with Crippen LogP contribution in [0.1, 0.15) is 17.0 Å². The second-order valence-corrected chi connectivity index (χ2v) is 7.19. The number of ether oxygens (including phenoxy) is 1. The number of fused-ring (bicyclic) bond motifs is 1. The molecule has 4 nitrogen and oxygen atoms in total. The molecule has 0 fully saturated rings. The second-order valence-electron chi connectivity index (χ2n) is 6.38. The maximum Gasteiger partial charge on any atom is 0.149 e. The number of hydrogen-bond acceptors (Lipinski definition) is 3. The summed E-state index contributed by atoms with van der Waals surface area (Å²) in [7, 11) is 0. The average molecular weight is 420 g/mol. The van der Waals surface area contributed by atoms with E-state index in [1.807, 2.05) is 54.6 Å². The minimum absolute atomic E-state index is 0.383. The second kappa shape index (κ2) is 8.40. The van der Waals surface area contributed by atoms with Crippen LogP contribution >= 0.6 is 23.2 Å². The van der Waals surface area contributed by atoms with Gasteiger partial charge in [0.2, 0.25) is 0 Å². The van der Waals surface area contributed by atoms with E-state index in [0.717, 1.165) is 27.9 Å². The third-order valence-electron chi connectivity index (χ3n) is 4.35. The molecule has 0 amide bonds. The maximum absolute atomic E-state index is 9.55. The predicted molar refractivity (Wildman–Crippen MR) is 117 cm³/mol. The molecular weight excluding hydrogens is 405 g/mol. The Bertz CT molecular complexity index is 1200. The normalized spacial score (nSPS) is 11.4. The van der Waals surface area contributed by atoms with Gasteiger partial charge in [0.05, 0.1) is 26.7 Å². The van der Waals surface area contributed by atoms with Gasteiger partial charge in [-0.25, -0.2) is 4.98 Å². The van der Waals surface area contributed by atoms with E-state index >= 15 is 0 Å². The van der Waals surface area contributed by atoms with Crippen LogP contribution in [0.25, 0.3) is 22.7 Å². The van der Waals surface area contributed by atoms with Crippen LogP contribution in [0.4, 0.5) is 0 Å². The summed E-state index contributed by atoms with van der Waals surface area (Å²) in [5.41, 5.74) is 4.00. The molecular formula is C23H15Cl2N3O. The SMILES string of the molecule is N#C/C(=C\c1ccc(OCc2ccc(Cl)c(Cl)c2)cc1)c1nc2ccccc2[nH]1. The van der Waals surface area contributed by atoms with Crippen LogP contribution in [0.3, 0.4) is 0 Å². The fourth-order valence-corrected chi connectivity index (χ4v) is 3.18. The van der Waals surface area contributed by atoms with Crippen LogP contribution in [-0.4, -0.2) is 9.97 Å². The van der Waals surface area contributed by atoms with Crippen LogP contribution < -0.4 is 4.74 Å². The predicted octanol–water partition coefficient (Wildman–Crippen LogP) is 6.51. The molecule has 0 aliphatic carbocycles. The Morgan fingerprint density at radius 3 is 2.55 bits per heavy atom. The van der Waals surface area contributed by atoms with E-state index in [1.165, 1.54) is 0 Å². The van der Waals surface area contributed by atoms with Crippen molar-refractivity contribution >= 4 is 45.9 Å². The number of allylic oxidation sites excluding steroid dienone is 1. The summed E-state index contributed by atoms with van der Waals surface area (Å²) in [5, 5.41) is 10.6. The lowest BCUT2D eigenvalue weighted by Crippen LogP contribution is -1.95. The number of rotatable bonds is 5. The van der Waals surface area contributed by atoms with E-state index in [1.54, 1.807) is 18.2 Å². The van der Waals surface area contributed by atoms with Crippen LogP contribution in [0.2, 0.25) is 10.0 Å². The summed E-state index contributed by atoms with van der Waals surface area (Å²) in [6, 6.07) is 22.8. The third-order valence-corrected chi connectivity index (χ3v) is 5.08. The van der Waals surface area contributed by atoms with E-state index in [0.29, 0.717) is 28.0 Å². The van der Waals surface area contributed by atoms with Crippen molar-refractivity contribution in [1.29, 1.82) is 5.26 Å². The van der Waals surface area contributed by atoms with Gasteiger partial charge in [0, 0.05) is 0 Å². The molecule has 0 bridgehead atoms. The van der Waals surface area contributed by atoms with Gasteiger partial charge >= 0.3 is 0 Å². The Kier molecular flexibility index (Phi) is 5.53. The molecule has 0 aliphatic rings. The van der Waals surface area contributed by atoms with Gasteiger partial charge in [-0.15, -0.1) is 0 Å². The van der Waals surface area contributed by atoms with Gasteiger partial charge in [-0.1, -0.05) is 53.5 Å². The highest BCUT2D eigenvalue weighted by Gasteiger charge is 2.08. The molecule has 29 heavy (non-hydrogen) atoms. The summed E-state index contributed by atoms with van der Waals surface area (Å²) in [6.45, 7) is 0.383. The Labute approximate surface area is 178 Å². The van der Waals surface area contributed by atoms with Gasteiger partial charge < -0.3 is 9.72 Å². The first-order valence-corrected chi connectivity index (χ1v) is 9.62. The minimum Gasteiger partial charge on any atom is -0.489 e. The van der Waals surface area contributed by atoms with Crippen molar-refractivity contribution in [1.82, 2.24) is 9.97 Å².